The Balaban J connectivity index is 1.63. The van der Waals surface area contributed by atoms with E-state index in [9.17, 15) is 9.90 Å². The van der Waals surface area contributed by atoms with Gasteiger partial charge >= 0.3 is 5.97 Å². The number of carboxylic acids is 1. The van der Waals surface area contributed by atoms with Gasteiger partial charge in [-0.05, 0) is 60.7 Å². The number of pyridine rings is 1. The molecule has 154 valence electrons. The van der Waals surface area contributed by atoms with Crippen LogP contribution in [-0.2, 0) is 6.54 Å². The SMILES string of the molecule is Cc1ccccc1-c1ccc2c(c1)CN(C(C)C)[C@H]2CNc1cnccc1C(=O)O. The van der Waals surface area contributed by atoms with Crippen LogP contribution in [0.2, 0.25) is 0 Å². The lowest BCUT2D eigenvalue weighted by Gasteiger charge is -2.29. The predicted octanol–water partition coefficient (Wildman–Crippen LogP) is 5.13. The van der Waals surface area contributed by atoms with Gasteiger partial charge in [-0.25, -0.2) is 4.79 Å². The third-order valence-electron chi connectivity index (χ3n) is 5.91. The fourth-order valence-electron chi connectivity index (χ4n) is 4.32. The van der Waals surface area contributed by atoms with Crippen LogP contribution in [0.3, 0.4) is 0 Å². The lowest BCUT2D eigenvalue weighted by atomic mass is 9.95. The molecule has 0 saturated carbocycles. The Morgan fingerprint density at radius 2 is 2.03 bits per heavy atom. The molecule has 5 nitrogen and oxygen atoms in total. The Morgan fingerprint density at radius 1 is 1.23 bits per heavy atom. The van der Waals surface area contributed by atoms with Gasteiger partial charge in [-0.3, -0.25) is 9.88 Å². The topological polar surface area (TPSA) is 65.5 Å². The fourth-order valence-corrected chi connectivity index (χ4v) is 4.32. The highest BCUT2D eigenvalue weighted by Gasteiger charge is 2.32. The van der Waals surface area contributed by atoms with E-state index in [1.54, 1.807) is 6.20 Å². The number of aromatic nitrogens is 1. The van der Waals surface area contributed by atoms with E-state index in [4.69, 9.17) is 0 Å². The molecule has 2 aromatic carbocycles. The monoisotopic (exact) mass is 401 g/mol. The molecule has 2 N–H and O–H groups in total. The van der Waals surface area contributed by atoms with Crippen molar-refractivity contribution in [2.24, 2.45) is 0 Å². The molecule has 0 radical (unpaired) electrons. The number of aryl methyl sites for hydroxylation is 1. The van der Waals surface area contributed by atoms with Crippen molar-refractivity contribution in [3.63, 3.8) is 0 Å². The maximum atomic E-state index is 11.5. The molecule has 3 aromatic rings. The molecule has 0 aliphatic carbocycles. The van der Waals surface area contributed by atoms with Gasteiger partial charge in [-0.2, -0.15) is 0 Å². The number of fused-ring (bicyclic) bond motifs is 1. The molecule has 0 spiro atoms. The van der Waals surface area contributed by atoms with E-state index >= 15 is 0 Å². The first-order valence-electron chi connectivity index (χ1n) is 10.3. The average Bonchev–Trinajstić information content (AvgIpc) is 3.11. The van der Waals surface area contributed by atoms with Gasteiger partial charge in [-0.15, -0.1) is 0 Å². The van der Waals surface area contributed by atoms with Crippen LogP contribution < -0.4 is 5.32 Å². The van der Waals surface area contributed by atoms with Gasteiger partial charge in [0.25, 0.3) is 0 Å². The summed E-state index contributed by atoms with van der Waals surface area (Å²) in [5, 5.41) is 12.8. The summed E-state index contributed by atoms with van der Waals surface area (Å²) < 4.78 is 0. The number of rotatable bonds is 6. The molecule has 2 heterocycles. The average molecular weight is 402 g/mol. The number of hydrogen-bond acceptors (Lipinski definition) is 4. The minimum absolute atomic E-state index is 0.174. The highest BCUT2D eigenvalue weighted by Crippen LogP contribution is 2.38. The molecule has 1 atom stereocenters. The minimum Gasteiger partial charge on any atom is -0.478 e. The van der Waals surface area contributed by atoms with Crippen molar-refractivity contribution in [2.75, 3.05) is 11.9 Å². The van der Waals surface area contributed by atoms with Crippen molar-refractivity contribution < 1.29 is 9.90 Å². The first-order valence-corrected chi connectivity index (χ1v) is 10.3. The Labute approximate surface area is 177 Å². The van der Waals surface area contributed by atoms with Crippen LogP contribution in [0.4, 0.5) is 5.69 Å². The zero-order valence-corrected chi connectivity index (χ0v) is 17.6. The quantitative estimate of drug-likeness (QED) is 0.599. The Morgan fingerprint density at radius 3 is 2.77 bits per heavy atom. The Hall–Kier alpha value is -3.18. The first kappa shape index (κ1) is 20.1. The summed E-state index contributed by atoms with van der Waals surface area (Å²) in [6.45, 7) is 8.06. The minimum atomic E-state index is -0.949. The summed E-state index contributed by atoms with van der Waals surface area (Å²) in [7, 11) is 0. The van der Waals surface area contributed by atoms with Crippen molar-refractivity contribution in [3.05, 3.63) is 83.2 Å². The van der Waals surface area contributed by atoms with Gasteiger partial charge in [-0.1, -0.05) is 36.4 Å². The Kier molecular flexibility index (Phi) is 5.55. The zero-order valence-electron chi connectivity index (χ0n) is 17.6. The van der Waals surface area contributed by atoms with E-state index in [0.717, 1.165) is 6.54 Å². The van der Waals surface area contributed by atoms with Crippen molar-refractivity contribution in [2.45, 2.75) is 39.4 Å². The number of benzene rings is 2. The molecule has 5 heteroatoms. The summed E-state index contributed by atoms with van der Waals surface area (Å²) in [5.41, 5.74) is 7.21. The molecule has 0 fully saturated rings. The molecule has 1 aliphatic rings. The standard InChI is InChI=1S/C25H27N3O2/c1-16(2)28-15-19-12-18(20-7-5-4-6-17(20)3)8-9-21(19)24(28)14-27-23-13-26-11-10-22(23)25(29)30/h4-13,16,24,27H,14-15H2,1-3H3,(H,29,30)/t24-/m0/s1. The number of hydrogen-bond donors (Lipinski definition) is 2. The maximum absolute atomic E-state index is 11.5. The molecule has 4 rings (SSSR count). The third kappa shape index (κ3) is 3.81. The van der Waals surface area contributed by atoms with Crippen LogP contribution >= 0.6 is 0 Å². The van der Waals surface area contributed by atoms with Gasteiger partial charge in [0, 0.05) is 25.3 Å². The van der Waals surface area contributed by atoms with E-state index in [0.29, 0.717) is 18.3 Å². The van der Waals surface area contributed by atoms with Gasteiger partial charge in [0.1, 0.15) is 0 Å². The number of nitrogens with one attached hydrogen (secondary N) is 1. The molecule has 0 amide bonds. The highest BCUT2D eigenvalue weighted by atomic mass is 16.4. The van der Waals surface area contributed by atoms with Crippen LogP contribution in [0.1, 0.15) is 46.9 Å². The van der Waals surface area contributed by atoms with E-state index in [1.165, 1.54) is 40.1 Å². The zero-order chi connectivity index (χ0) is 21.3. The summed E-state index contributed by atoms with van der Waals surface area (Å²) >= 11 is 0. The molecular weight excluding hydrogens is 374 g/mol. The van der Waals surface area contributed by atoms with Crippen molar-refractivity contribution >= 4 is 11.7 Å². The summed E-state index contributed by atoms with van der Waals surface area (Å²) in [4.78, 5) is 18.1. The molecule has 0 unspecified atom stereocenters. The number of nitrogens with zero attached hydrogens (tertiary/aromatic N) is 2. The highest BCUT2D eigenvalue weighted by molar-refractivity contribution is 5.93. The van der Waals surface area contributed by atoms with Crippen molar-refractivity contribution in [1.29, 1.82) is 0 Å². The molecule has 0 bridgehead atoms. The predicted molar refractivity (Wildman–Crippen MR) is 120 cm³/mol. The van der Waals surface area contributed by atoms with Crippen molar-refractivity contribution in [1.82, 2.24) is 9.88 Å². The molecule has 0 saturated heterocycles. The number of carboxylic acid groups (broad SMARTS) is 1. The maximum Gasteiger partial charge on any atom is 0.337 e. The number of anilines is 1. The van der Waals surface area contributed by atoms with Crippen molar-refractivity contribution in [3.8, 4) is 11.1 Å². The number of carbonyl (C=O) groups is 1. The van der Waals surface area contributed by atoms with Crippen LogP contribution in [0.25, 0.3) is 11.1 Å². The van der Waals surface area contributed by atoms with Gasteiger partial charge in [0.2, 0.25) is 0 Å². The van der Waals surface area contributed by atoms with Gasteiger partial charge in [0.15, 0.2) is 0 Å². The van der Waals surface area contributed by atoms with Crippen LogP contribution in [-0.4, -0.2) is 33.5 Å². The largest absolute Gasteiger partial charge is 0.478 e. The lowest BCUT2D eigenvalue weighted by Crippen LogP contribution is -2.33. The summed E-state index contributed by atoms with van der Waals surface area (Å²) in [6, 6.07) is 17.3. The second kappa shape index (κ2) is 8.28. The van der Waals surface area contributed by atoms with Crippen LogP contribution in [0.15, 0.2) is 60.9 Å². The Bertz CT molecular complexity index is 1080. The van der Waals surface area contributed by atoms with E-state index in [-0.39, 0.29) is 11.6 Å². The number of aromatic carboxylic acids is 1. The molecule has 30 heavy (non-hydrogen) atoms. The third-order valence-corrected chi connectivity index (χ3v) is 5.91. The second-order valence-electron chi connectivity index (χ2n) is 8.12. The van der Waals surface area contributed by atoms with E-state index in [2.05, 4.69) is 78.4 Å². The summed E-state index contributed by atoms with van der Waals surface area (Å²) in [6.07, 6.45) is 3.09. The fraction of sp³-hybridized carbons (Fsp3) is 0.280. The van der Waals surface area contributed by atoms with Crippen LogP contribution in [0.5, 0.6) is 0 Å². The van der Waals surface area contributed by atoms with E-state index < -0.39 is 5.97 Å². The van der Waals surface area contributed by atoms with Gasteiger partial charge in [0.05, 0.1) is 23.5 Å². The second-order valence-corrected chi connectivity index (χ2v) is 8.12. The van der Waals surface area contributed by atoms with Crippen LogP contribution in [0, 0.1) is 6.92 Å². The first-order chi connectivity index (χ1) is 14.5. The molecule has 1 aliphatic heterocycles. The molecule has 1 aromatic heterocycles. The molecular formula is C25H27N3O2. The van der Waals surface area contributed by atoms with E-state index in [1.807, 2.05) is 0 Å². The lowest BCUT2D eigenvalue weighted by molar-refractivity contribution is 0.0697. The van der Waals surface area contributed by atoms with Gasteiger partial charge < -0.3 is 10.4 Å². The smallest absolute Gasteiger partial charge is 0.337 e. The normalized spacial score (nSPS) is 15.9. The summed E-state index contributed by atoms with van der Waals surface area (Å²) in [5.74, 6) is -0.949.